The summed E-state index contributed by atoms with van der Waals surface area (Å²) in [6, 6.07) is 20.9. The molecule has 5 heteroatoms. The first-order valence-corrected chi connectivity index (χ1v) is 9.01. The van der Waals surface area contributed by atoms with Crippen molar-refractivity contribution in [2.75, 3.05) is 12.4 Å². The Labute approximate surface area is 163 Å². The summed E-state index contributed by atoms with van der Waals surface area (Å²) in [5, 5.41) is 2.91. The molecule has 5 nitrogen and oxygen atoms in total. The van der Waals surface area contributed by atoms with E-state index in [4.69, 9.17) is 9.15 Å². The third kappa shape index (κ3) is 3.88. The maximum atomic E-state index is 12.3. The molecule has 0 bridgehead atoms. The predicted molar refractivity (Wildman–Crippen MR) is 110 cm³/mol. The van der Waals surface area contributed by atoms with Gasteiger partial charge in [0.1, 0.15) is 11.3 Å². The van der Waals surface area contributed by atoms with Crippen LogP contribution in [0.2, 0.25) is 0 Å². The van der Waals surface area contributed by atoms with Crippen molar-refractivity contribution in [2.45, 2.75) is 13.3 Å². The zero-order chi connectivity index (χ0) is 19.5. The maximum Gasteiger partial charge on any atom is 0.228 e. The average molecular weight is 372 g/mol. The van der Waals surface area contributed by atoms with E-state index in [0.717, 1.165) is 28.0 Å². The van der Waals surface area contributed by atoms with E-state index in [1.165, 1.54) is 0 Å². The number of amides is 1. The first kappa shape index (κ1) is 17.8. The van der Waals surface area contributed by atoms with Crippen LogP contribution < -0.4 is 10.1 Å². The van der Waals surface area contributed by atoms with E-state index in [1.807, 2.05) is 67.6 Å². The minimum absolute atomic E-state index is 0.0945. The normalized spacial score (nSPS) is 10.8. The van der Waals surface area contributed by atoms with Crippen LogP contribution in [0.4, 0.5) is 5.69 Å². The van der Waals surface area contributed by atoms with Gasteiger partial charge in [0.05, 0.1) is 13.5 Å². The monoisotopic (exact) mass is 372 g/mol. The predicted octanol–water partition coefficient (Wildman–Crippen LogP) is 4.99. The fourth-order valence-electron chi connectivity index (χ4n) is 3.04. The van der Waals surface area contributed by atoms with Crippen LogP contribution in [0.1, 0.15) is 11.1 Å². The quantitative estimate of drug-likeness (QED) is 0.536. The standard InChI is InChI=1S/C23H20N2O3/c1-15-4-3-5-17(12-15)23-25-20-11-8-18(14-21(20)28-23)24-22(26)13-16-6-9-19(27-2)10-7-16/h3-12,14H,13H2,1-2H3,(H,24,26). The molecule has 0 atom stereocenters. The molecule has 28 heavy (non-hydrogen) atoms. The van der Waals surface area contributed by atoms with Crippen molar-refractivity contribution in [3.8, 4) is 17.2 Å². The number of carbonyl (C=O) groups excluding carboxylic acids is 1. The minimum Gasteiger partial charge on any atom is -0.497 e. The summed E-state index contributed by atoms with van der Waals surface area (Å²) in [6.45, 7) is 2.03. The summed E-state index contributed by atoms with van der Waals surface area (Å²) < 4.78 is 11.0. The molecule has 0 saturated carbocycles. The number of ether oxygens (including phenoxy) is 1. The van der Waals surface area contributed by atoms with Gasteiger partial charge >= 0.3 is 0 Å². The molecule has 4 rings (SSSR count). The van der Waals surface area contributed by atoms with Crippen LogP contribution in [0.15, 0.2) is 71.1 Å². The number of methoxy groups -OCH3 is 1. The first-order valence-electron chi connectivity index (χ1n) is 9.01. The Morgan fingerprint density at radius 3 is 2.64 bits per heavy atom. The van der Waals surface area contributed by atoms with Crippen LogP contribution in [0.3, 0.4) is 0 Å². The highest BCUT2D eigenvalue weighted by Crippen LogP contribution is 2.27. The van der Waals surface area contributed by atoms with E-state index >= 15 is 0 Å². The van der Waals surface area contributed by atoms with Crippen LogP contribution in [-0.2, 0) is 11.2 Å². The fourth-order valence-corrected chi connectivity index (χ4v) is 3.04. The molecule has 4 aromatic rings. The Balaban J connectivity index is 1.50. The first-order chi connectivity index (χ1) is 13.6. The van der Waals surface area contributed by atoms with Gasteiger partial charge in [0.2, 0.25) is 11.8 Å². The summed E-state index contributed by atoms with van der Waals surface area (Å²) in [5.41, 5.74) is 5.06. The van der Waals surface area contributed by atoms with E-state index in [-0.39, 0.29) is 12.3 Å². The molecule has 0 aliphatic rings. The molecule has 1 N–H and O–H groups in total. The molecular weight excluding hydrogens is 352 g/mol. The minimum atomic E-state index is -0.0945. The molecule has 1 aromatic heterocycles. The number of nitrogens with zero attached hydrogens (tertiary/aromatic N) is 1. The van der Waals surface area contributed by atoms with Gasteiger partial charge in [0.15, 0.2) is 5.58 Å². The third-order valence-electron chi connectivity index (χ3n) is 4.46. The Morgan fingerprint density at radius 2 is 1.89 bits per heavy atom. The van der Waals surface area contributed by atoms with E-state index < -0.39 is 0 Å². The number of carbonyl (C=O) groups is 1. The second-order valence-electron chi connectivity index (χ2n) is 6.64. The van der Waals surface area contributed by atoms with Gasteiger partial charge in [-0.15, -0.1) is 0 Å². The van der Waals surface area contributed by atoms with Crippen molar-refractivity contribution in [3.63, 3.8) is 0 Å². The van der Waals surface area contributed by atoms with Gasteiger partial charge in [-0.3, -0.25) is 4.79 Å². The average Bonchev–Trinajstić information content (AvgIpc) is 3.12. The van der Waals surface area contributed by atoms with E-state index in [0.29, 0.717) is 17.2 Å². The number of aryl methyl sites for hydroxylation is 1. The molecule has 0 unspecified atom stereocenters. The largest absolute Gasteiger partial charge is 0.497 e. The fraction of sp³-hybridized carbons (Fsp3) is 0.130. The second kappa shape index (κ2) is 7.56. The summed E-state index contributed by atoms with van der Waals surface area (Å²) in [4.78, 5) is 16.9. The van der Waals surface area contributed by atoms with Gasteiger partial charge in [-0.2, -0.15) is 0 Å². The number of anilines is 1. The molecule has 0 aliphatic heterocycles. The van der Waals surface area contributed by atoms with Crippen molar-refractivity contribution >= 4 is 22.7 Å². The molecule has 1 amide bonds. The number of benzene rings is 3. The summed E-state index contributed by atoms with van der Waals surface area (Å²) in [6.07, 6.45) is 0.285. The van der Waals surface area contributed by atoms with E-state index in [1.54, 1.807) is 13.2 Å². The highest BCUT2D eigenvalue weighted by atomic mass is 16.5. The molecule has 0 aliphatic carbocycles. The van der Waals surface area contributed by atoms with Crippen molar-refractivity contribution in [3.05, 3.63) is 77.9 Å². The molecule has 0 fully saturated rings. The summed E-state index contributed by atoms with van der Waals surface area (Å²) in [5.74, 6) is 1.24. The number of fused-ring (bicyclic) bond motifs is 1. The highest BCUT2D eigenvalue weighted by molar-refractivity contribution is 5.94. The SMILES string of the molecule is COc1ccc(CC(=O)Nc2ccc3nc(-c4cccc(C)c4)oc3c2)cc1. The van der Waals surface area contributed by atoms with E-state index in [2.05, 4.69) is 10.3 Å². The molecular formula is C23H20N2O3. The number of aromatic nitrogens is 1. The topological polar surface area (TPSA) is 64.4 Å². The molecule has 140 valence electrons. The van der Waals surface area contributed by atoms with Crippen LogP contribution in [0.5, 0.6) is 5.75 Å². The summed E-state index contributed by atoms with van der Waals surface area (Å²) >= 11 is 0. The highest BCUT2D eigenvalue weighted by Gasteiger charge is 2.10. The molecule has 0 radical (unpaired) electrons. The second-order valence-corrected chi connectivity index (χ2v) is 6.64. The zero-order valence-corrected chi connectivity index (χ0v) is 15.7. The smallest absolute Gasteiger partial charge is 0.228 e. The lowest BCUT2D eigenvalue weighted by molar-refractivity contribution is -0.115. The molecule has 1 heterocycles. The Kier molecular flexibility index (Phi) is 4.81. The maximum absolute atomic E-state index is 12.3. The van der Waals surface area contributed by atoms with Gasteiger partial charge in [0.25, 0.3) is 0 Å². The van der Waals surface area contributed by atoms with Crippen LogP contribution >= 0.6 is 0 Å². The van der Waals surface area contributed by atoms with Crippen molar-refractivity contribution in [1.29, 1.82) is 0 Å². The number of rotatable bonds is 5. The van der Waals surface area contributed by atoms with Gasteiger partial charge in [0, 0.05) is 17.3 Å². The lowest BCUT2D eigenvalue weighted by Gasteiger charge is -2.06. The van der Waals surface area contributed by atoms with Crippen LogP contribution in [0, 0.1) is 6.92 Å². The number of hydrogen-bond acceptors (Lipinski definition) is 4. The van der Waals surface area contributed by atoms with Crippen molar-refractivity contribution in [2.24, 2.45) is 0 Å². The van der Waals surface area contributed by atoms with E-state index in [9.17, 15) is 4.79 Å². The number of nitrogens with one attached hydrogen (secondary N) is 1. The zero-order valence-electron chi connectivity index (χ0n) is 15.7. The van der Waals surface area contributed by atoms with Crippen LogP contribution in [-0.4, -0.2) is 18.0 Å². The third-order valence-corrected chi connectivity index (χ3v) is 4.46. The Bertz CT molecular complexity index is 1130. The number of oxazole rings is 1. The van der Waals surface area contributed by atoms with Crippen molar-refractivity contribution in [1.82, 2.24) is 4.98 Å². The Morgan fingerprint density at radius 1 is 1.07 bits per heavy atom. The lowest BCUT2D eigenvalue weighted by atomic mass is 10.1. The lowest BCUT2D eigenvalue weighted by Crippen LogP contribution is -2.14. The van der Waals surface area contributed by atoms with Crippen LogP contribution in [0.25, 0.3) is 22.6 Å². The molecule has 0 saturated heterocycles. The van der Waals surface area contributed by atoms with Gasteiger partial charge in [-0.25, -0.2) is 4.98 Å². The molecule has 3 aromatic carbocycles. The number of hydrogen-bond donors (Lipinski definition) is 1. The summed E-state index contributed by atoms with van der Waals surface area (Å²) in [7, 11) is 1.62. The molecule has 0 spiro atoms. The van der Waals surface area contributed by atoms with Crippen molar-refractivity contribution < 1.29 is 13.9 Å². The van der Waals surface area contributed by atoms with Gasteiger partial charge in [-0.05, 0) is 48.9 Å². The van der Waals surface area contributed by atoms with Gasteiger partial charge in [-0.1, -0.05) is 29.8 Å². The van der Waals surface area contributed by atoms with Gasteiger partial charge < -0.3 is 14.5 Å². The Hall–Kier alpha value is -3.60.